The van der Waals surface area contributed by atoms with E-state index >= 15 is 0 Å². The van der Waals surface area contributed by atoms with E-state index in [1.165, 1.54) is 12.0 Å². The zero-order valence-electron chi connectivity index (χ0n) is 13.9. The van der Waals surface area contributed by atoms with Gasteiger partial charge in [0.2, 0.25) is 0 Å². The molecule has 0 saturated heterocycles. The molecule has 0 saturated carbocycles. The lowest BCUT2D eigenvalue weighted by molar-refractivity contribution is 0.102. The van der Waals surface area contributed by atoms with E-state index in [0.29, 0.717) is 23.5 Å². The number of ether oxygens (including phenoxy) is 2. The predicted molar refractivity (Wildman–Crippen MR) is 92.8 cm³/mol. The number of hydrogen-bond acceptors (Lipinski definition) is 4. The third kappa shape index (κ3) is 4.25. The summed E-state index contributed by atoms with van der Waals surface area (Å²) in [6.45, 7) is 2.49. The maximum absolute atomic E-state index is 12.2. The fraction of sp³-hybridized carbons (Fsp3) is 0.222. The van der Waals surface area contributed by atoms with Crippen molar-refractivity contribution in [3.63, 3.8) is 0 Å². The number of nitrogens with zero attached hydrogens (tertiary/aromatic N) is 1. The number of rotatable bonds is 5. The lowest BCUT2D eigenvalue weighted by Crippen LogP contribution is -2.25. The normalized spacial score (nSPS) is 9.96. The Morgan fingerprint density at radius 2 is 1.67 bits per heavy atom. The standard InChI is InChI=1S/C18H20N2O4/c1-4-24-16-11-5-13(6-12-16)17(21)19-14-7-9-15(10-8-14)20(2)18(22)23-3/h5-12H,4H2,1-3H3,(H,19,21). The molecule has 0 fully saturated rings. The van der Waals surface area contributed by atoms with E-state index in [9.17, 15) is 9.59 Å². The number of amides is 2. The van der Waals surface area contributed by atoms with Crippen molar-refractivity contribution >= 4 is 23.4 Å². The van der Waals surface area contributed by atoms with Crippen molar-refractivity contribution in [3.8, 4) is 5.75 Å². The first-order valence-corrected chi connectivity index (χ1v) is 7.51. The summed E-state index contributed by atoms with van der Waals surface area (Å²) in [6, 6.07) is 13.8. The molecule has 6 heteroatoms. The molecule has 0 aromatic heterocycles. The second kappa shape index (κ2) is 8.01. The summed E-state index contributed by atoms with van der Waals surface area (Å²) in [6.07, 6.45) is -0.457. The van der Waals surface area contributed by atoms with E-state index in [1.807, 2.05) is 6.92 Å². The highest BCUT2D eigenvalue weighted by molar-refractivity contribution is 6.04. The van der Waals surface area contributed by atoms with Crippen molar-refractivity contribution < 1.29 is 19.1 Å². The third-order valence-corrected chi connectivity index (χ3v) is 3.39. The Balaban J connectivity index is 2.02. The zero-order valence-corrected chi connectivity index (χ0v) is 13.9. The van der Waals surface area contributed by atoms with Gasteiger partial charge in [-0.15, -0.1) is 0 Å². The summed E-state index contributed by atoms with van der Waals surface area (Å²) in [7, 11) is 2.93. The summed E-state index contributed by atoms with van der Waals surface area (Å²) < 4.78 is 10.0. The van der Waals surface area contributed by atoms with Gasteiger partial charge in [-0.25, -0.2) is 4.79 Å². The van der Waals surface area contributed by atoms with Gasteiger partial charge >= 0.3 is 6.09 Å². The zero-order chi connectivity index (χ0) is 17.5. The molecule has 0 atom stereocenters. The van der Waals surface area contributed by atoms with Crippen LogP contribution in [0, 0.1) is 0 Å². The number of anilines is 2. The summed E-state index contributed by atoms with van der Waals surface area (Å²) >= 11 is 0. The molecule has 6 nitrogen and oxygen atoms in total. The molecule has 2 aromatic carbocycles. The van der Waals surface area contributed by atoms with E-state index in [-0.39, 0.29) is 5.91 Å². The Morgan fingerprint density at radius 3 is 2.21 bits per heavy atom. The number of benzene rings is 2. The van der Waals surface area contributed by atoms with Crippen LogP contribution in [0.15, 0.2) is 48.5 Å². The highest BCUT2D eigenvalue weighted by Gasteiger charge is 2.11. The summed E-state index contributed by atoms with van der Waals surface area (Å²) in [5.41, 5.74) is 1.84. The van der Waals surface area contributed by atoms with Crippen LogP contribution in [-0.2, 0) is 4.74 Å². The number of nitrogens with one attached hydrogen (secondary N) is 1. The van der Waals surface area contributed by atoms with Gasteiger partial charge in [-0.05, 0) is 55.5 Å². The topological polar surface area (TPSA) is 67.9 Å². The highest BCUT2D eigenvalue weighted by Crippen LogP contribution is 2.19. The lowest BCUT2D eigenvalue weighted by Gasteiger charge is -2.16. The van der Waals surface area contributed by atoms with Crippen LogP contribution in [0.4, 0.5) is 16.2 Å². The Bertz CT molecular complexity index is 696. The summed E-state index contributed by atoms with van der Waals surface area (Å²) in [5, 5.41) is 2.80. The van der Waals surface area contributed by atoms with Crippen molar-refractivity contribution in [2.24, 2.45) is 0 Å². The van der Waals surface area contributed by atoms with Crippen LogP contribution in [-0.4, -0.2) is 32.8 Å². The average molecular weight is 328 g/mol. The molecule has 0 aliphatic carbocycles. The van der Waals surface area contributed by atoms with Gasteiger partial charge in [0.15, 0.2) is 0 Å². The molecule has 0 aliphatic rings. The van der Waals surface area contributed by atoms with Gasteiger partial charge in [0.05, 0.1) is 13.7 Å². The SMILES string of the molecule is CCOc1ccc(C(=O)Nc2ccc(N(C)C(=O)OC)cc2)cc1. The molecule has 2 aromatic rings. The van der Waals surface area contributed by atoms with Gasteiger partial charge in [-0.3, -0.25) is 9.69 Å². The first kappa shape index (κ1) is 17.3. The summed E-state index contributed by atoms with van der Waals surface area (Å²) in [5.74, 6) is 0.511. The molecule has 0 heterocycles. The van der Waals surface area contributed by atoms with Crippen LogP contribution in [0.3, 0.4) is 0 Å². The molecule has 1 N–H and O–H groups in total. The number of carbonyl (C=O) groups is 2. The maximum atomic E-state index is 12.2. The molecule has 0 spiro atoms. The number of methoxy groups -OCH3 is 1. The molecule has 0 radical (unpaired) electrons. The lowest BCUT2D eigenvalue weighted by atomic mass is 10.2. The predicted octanol–water partition coefficient (Wildman–Crippen LogP) is 3.54. The largest absolute Gasteiger partial charge is 0.494 e. The van der Waals surface area contributed by atoms with Crippen molar-refractivity contribution in [1.29, 1.82) is 0 Å². The molecule has 0 bridgehead atoms. The number of hydrogen-bond donors (Lipinski definition) is 1. The van der Waals surface area contributed by atoms with Crippen molar-refractivity contribution in [2.75, 3.05) is 31.0 Å². The second-order valence-electron chi connectivity index (χ2n) is 4.99. The Labute approximate surface area is 141 Å². The highest BCUT2D eigenvalue weighted by atomic mass is 16.5. The molecule has 2 rings (SSSR count). The quantitative estimate of drug-likeness (QED) is 0.911. The van der Waals surface area contributed by atoms with Crippen LogP contribution in [0.2, 0.25) is 0 Å². The molecule has 0 aliphatic heterocycles. The average Bonchev–Trinajstić information content (AvgIpc) is 2.62. The smallest absolute Gasteiger partial charge is 0.413 e. The van der Waals surface area contributed by atoms with Crippen LogP contribution >= 0.6 is 0 Å². The monoisotopic (exact) mass is 328 g/mol. The van der Waals surface area contributed by atoms with Gasteiger partial charge in [-0.1, -0.05) is 0 Å². The molecule has 24 heavy (non-hydrogen) atoms. The van der Waals surface area contributed by atoms with Gasteiger partial charge in [-0.2, -0.15) is 0 Å². The number of carbonyl (C=O) groups excluding carboxylic acids is 2. The fourth-order valence-electron chi connectivity index (χ4n) is 2.08. The summed E-state index contributed by atoms with van der Waals surface area (Å²) in [4.78, 5) is 25.1. The van der Waals surface area contributed by atoms with Crippen molar-refractivity contribution in [2.45, 2.75) is 6.92 Å². The van der Waals surface area contributed by atoms with Gasteiger partial charge in [0.1, 0.15) is 5.75 Å². The molecule has 0 unspecified atom stereocenters. The van der Waals surface area contributed by atoms with E-state index in [0.717, 1.165) is 5.75 Å². The van der Waals surface area contributed by atoms with Crippen LogP contribution in [0.25, 0.3) is 0 Å². The van der Waals surface area contributed by atoms with Gasteiger partial charge in [0.25, 0.3) is 5.91 Å². The molecular formula is C18H20N2O4. The van der Waals surface area contributed by atoms with Crippen molar-refractivity contribution in [3.05, 3.63) is 54.1 Å². The van der Waals surface area contributed by atoms with Crippen LogP contribution < -0.4 is 15.0 Å². The minimum Gasteiger partial charge on any atom is -0.494 e. The first-order chi connectivity index (χ1) is 11.5. The second-order valence-corrected chi connectivity index (χ2v) is 4.99. The third-order valence-electron chi connectivity index (χ3n) is 3.39. The van der Waals surface area contributed by atoms with Crippen LogP contribution in [0.1, 0.15) is 17.3 Å². The minimum atomic E-state index is -0.457. The van der Waals surface area contributed by atoms with Crippen molar-refractivity contribution in [1.82, 2.24) is 0 Å². The molecular weight excluding hydrogens is 308 g/mol. The van der Waals surface area contributed by atoms with E-state index < -0.39 is 6.09 Å². The van der Waals surface area contributed by atoms with Gasteiger partial charge < -0.3 is 14.8 Å². The Hall–Kier alpha value is -3.02. The van der Waals surface area contributed by atoms with E-state index in [1.54, 1.807) is 55.6 Å². The Morgan fingerprint density at radius 1 is 1.04 bits per heavy atom. The van der Waals surface area contributed by atoms with Gasteiger partial charge in [0, 0.05) is 24.0 Å². The van der Waals surface area contributed by atoms with Crippen LogP contribution in [0.5, 0.6) is 5.75 Å². The minimum absolute atomic E-state index is 0.216. The van der Waals surface area contributed by atoms with E-state index in [4.69, 9.17) is 4.74 Å². The molecule has 2 amide bonds. The first-order valence-electron chi connectivity index (χ1n) is 7.51. The van der Waals surface area contributed by atoms with E-state index in [2.05, 4.69) is 10.1 Å². The Kier molecular flexibility index (Phi) is 5.78. The maximum Gasteiger partial charge on any atom is 0.413 e. The fourth-order valence-corrected chi connectivity index (χ4v) is 2.08. The molecule has 126 valence electrons.